The Balaban J connectivity index is 1.87. The molecular formula is C21H19N3O2. The lowest BCUT2D eigenvalue weighted by molar-refractivity contribution is 0.370. The molecule has 130 valence electrons. The van der Waals surface area contributed by atoms with Crippen molar-refractivity contribution in [2.45, 2.75) is 6.04 Å². The molecule has 2 heterocycles. The van der Waals surface area contributed by atoms with Gasteiger partial charge in [-0.2, -0.15) is 0 Å². The highest BCUT2D eigenvalue weighted by Gasteiger charge is 2.23. The van der Waals surface area contributed by atoms with E-state index in [1.54, 1.807) is 19.4 Å². The molecule has 1 atom stereocenters. The molecule has 4 rings (SSSR count). The molecule has 0 aliphatic heterocycles. The molecule has 0 bridgehead atoms. The normalized spacial score (nSPS) is 12.0. The van der Waals surface area contributed by atoms with Gasteiger partial charge in [-0.1, -0.05) is 36.4 Å². The van der Waals surface area contributed by atoms with Crippen LogP contribution in [0.1, 0.15) is 17.2 Å². The third-order valence-corrected chi connectivity index (χ3v) is 4.45. The second-order valence-electron chi connectivity index (χ2n) is 5.98. The number of hydrogen-bond donors (Lipinski definition) is 3. The first-order chi connectivity index (χ1) is 12.8. The summed E-state index contributed by atoms with van der Waals surface area (Å²) in [5.74, 6) is 1.29. The van der Waals surface area contributed by atoms with Crippen molar-refractivity contribution in [3.63, 3.8) is 0 Å². The first-order valence-corrected chi connectivity index (χ1v) is 8.37. The van der Waals surface area contributed by atoms with Gasteiger partial charge < -0.3 is 20.1 Å². The van der Waals surface area contributed by atoms with E-state index in [1.165, 1.54) is 0 Å². The molecule has 4 aromatic rings. The summed E-state index contributed by atoms with van der Waals surface area (Å²) < 4.78 is 5.29. The van der Waals surface area contributed by atoms with Crippen molar-refractivity contribution in [1.29, 1.82) is 0 Å². The highest BCUT2D eigenvalue weighted by atomic mass is 16.5. The van der Waals surface area contributed by atoms with Gasteiger partial charge >= 0.3 is 0 Å². The third-order valence-electron chi connectivity index (χ3n) is 4.45. The van der Waals surface area contributed by atoms with E-state index < -0.39 is 0 Å². The number of phenols is 1. The van der Waals surface area contributed by atoms with E-state index in [2.05, 4.69) is 21.4 Å². The topological polar surface area (TPSA) is 70.2 Å². The van der Waals surface area contributed by atoms with Crippen LogP contribution >= 0.6 is 0 Å². The number of para-hydroxylation sites is 2. The van der Waals surface area contributed by atoms with Crippen molar-refractivity contribution in [2.24, 2.45) is 0 Å². The van der Waals surface area contributed by atoms with Crippen molar-refractivity contribution in [3.8, 4) is 11.5 Å². The van der Waals surface area contributed by atoms with E-state index in [1.807, 2.05) is 54.7 Å². The molecular weight excluding hydrogens is 326 g/mol. The number of benzene rings is 2. The van der Waals surface area contributed by atoms with Crippen LogP contribution in [-0.4, -0.2) is 22.2 Å². The Bertz CT molecular complexity index is 1030. The first-order valence-electron chi connectivity index (χ1n) is 8.37. The summed E-state index contributed by atoms with van der Waals surface area (Å²) in [6.45, 7) is 0. The molecule has 5 heteroatoms. The van der Waals surface area contributed by atoms with Gasteiger partial charge in [0.1, 0.15) is 5.82 Å². The highest BCUT2D eigenvalue weighted by Crippen LogP contribution is 2.39. The summed E-state index contributed by atoms with van der Waals surface area (Å²) in [5.41, 5.74) is 2.78. The molecule has 0 saturated heterocycles. The van der Waals surface area contributed by atoms with Crippen LogP contribution in [0.25, 0.3) is 10.9 Å². The summed E-state index contributed by atoms with van der Waals surface area (Å²) >= 11 is 0. The van der Waals surface area contributed by atoms with E-state index in [9.17, 15) is 5.11 Å². The molecule has 0 amide bonds. The van der Waals surface area contributed by atoms with Crippen molar-refractivity contribution in [1.82, 2.24) is 9.97 Å². The number of nitrogens with one attached hydrogen (secondary N) is 2. The molecule has 0 radical (unpaired) electrons. The minimum Gasteiger partial charge on any atom is -0.504 e. The fraction of sp³-hybridized carbons (Fsp3) is 0.0952. The molecule has 0 spiro atoms. The van der Waals surface area contributed by atoms with Crippen LogP contribution in [0, 0.1) is 0 Å². The number of fused-ring (bicyclic) bond motifs is 1. The van der Waals surface area contributed by atoms with Gasteiger partial charge in [0.2, 0.25) is 0 Å². The Hall–Kier alpha value is -3.47. The van der Waals surface area contributed by atoms with Gasteiger partial charge in [0.05, 0.1) is 13.2 Å². The second kappa shape index (κ2) is 6.80. The van der Waals surface area contributed by atoms with Crippen LogP contribution in [0.15, 0.2) is 73.1 Å². The van der Waals surface area contributed by atoms with E-state index in [4.69, 9.17) is 4.74 Å². The molecule has 2 aromatic heterocycles. The van der Waals surface area contributed by atoms with Gasteiger partial charge in [0.15, 0.2) is 11.5 Å². The number of pyridine rings is 1. The number of phenolic OH excluding ortho intramolecular Hbond substituents is 1. The molecule has 5 nitrogen and oxygen atoms in total. The number of aromatic amines is 1. The molecule has 0 aliphatic carbocycles. The Kier molecular flexibility index (Phi) is 4.19. The zero-order valence-electron chi connectivity index (χ0n) is 14.3. The smallest absolute Gasteiger partial charge is 0.163 e. The fourth-order valence-electron chi connectivity index (χ4n) is 3.19. The first kappa shape index (κ1) is 16.0. The standard InChI is InChI=1S/C21H19N3O2/c1-26-18-10-6-8-15(21(18)25)20(24-19-11-4-5-12-22-19)16-13-23-17-9-3-2-7-14(16)17/h2-13,20,23,25H,1H3,(H,22,24). The molecule has 0 saturated carbocycles. The zero-order chi connectivity index (χ0) is 17.9. The Morgan fingerprint density at radius 1 is 1.00 bits per heavy atom. The summed E-state index contributed by atoms with van der Waals surface area (Å²) in [6.07, 6.45) is 3.70. The average Bonchev–Trinajstić information content (AvgIpc) is 3.11. The number of aromatic nitrogens is 2. The molecule has 3 N–H and O–H groups in total. The maximum Gasteiger partial charge on any atom is 0.163 e. The average molecular weight is 345 g/mol. The van der Waals surface area contributed by atoms with Crippen molar-refractivity contribution < 1.29 is 9.84 Å². The van der Waals surface area contributed by atoms with Crippen LogP contribution < -0.4 is 10.1 Å². The number of H-pyrrole nitrogens is 1. The quantitative estimate of drug-likeness (QED) is 0.499. The van der Waals surface area contributed by atoms with Gasteiger partial charge in [-0.05, 0) is 24.3 Å². The number of methoxy groups -OCH3 is 1. The lowest BCUT2D eigenvalue weighted by atomic mass is 9.97. The molecule has 0 fully saturated rings. The SMILES string of the molecule is COc1cccc(C(Nc2ccccn2)c2c[nH]c3ccccc23)c1O. The Morgan fingerprint density at radius 3 is 2.65 bits per heavy atom. The summed E-state index contributed by atoms with van der Waals surface area (Å²) in [5, 5.41) is 15.2. The number of hydrogen-bond acceptors (Lipinski definition) is 4. The van der Waals surface area contributed by atoms with E-state index in [0.717, 1.165) is 27.8 Å². The van der Waals surface area contributed by atoms with Gasteiger partial charge in [0, 0.05) is 34.4 Å². The number of rotatable bonds is 5. The van der Waals surface area contributed by atoms with Crippen LogP contribution in [0.4, 0.5) is 5.82 Å². The predicted molar refractivity (Wildman–Crippen MR) is 103 cm³/mol. The summed E-state index contributed by atoms with van der Waals surface area (Å²) in [6, 6.07) is 19.0. The van der Waals surface area contributed by atoms with Crippen molar-refractivity contribution >= 4 is 16.7 Å². The Labute approximate surface area is 151 Å². The van der Waals surface area contributed by atoms with Gasteiger partial charge in [0.25, 0.3) is 0 Å². The maximum atomic E-state index is 10.7. The van der Waals surface area contributed by atoms with E-state index in [0.29, 0.717) is 5.75 Å². The van der Waals surface area contributed by atoms with Crippen LogP contribution in [0.2, 0.25) is 0 Å². The van der Waals surface area contributed by atoms with Crippen LogP contribution in [-0.2, 0) is 0 Å². The van der Waals surface area contributed by atoms with Gasteiger partial charge in [-0.3, -0.25) is 0 Å². The lowest BCUT2D eigenvalue weighted by Gasteiger charge is -2.21. The number of anilines is 1. The predicted octanol–water partition coefficient (Wildman–Crippen LogP) is 4.48. The van der Waals surface area contributed by atoms with Crippen molar-refractivity contribution in [3.05, 3.63) is 84.2 Å². The fourth-order valence-corrected chi connectivity index (χ4v) is 3.19. The highest BCUT2D eigenvalue weighted by molar-refractivity contribution is 5.84. The molecule has 26 heavy (non-hydrogen) atoms. The monoisotopic (exact) mass is 345 g/mol. The number of ether oxygens (including phenoxy) is 1. The number of aromatic hydroxyl groups is 1. The summed E-state index contributed by atoms with van der Waals surface area (Å²) in [4.78, 5) is 7.67. The van der Waals surface area contributed by atoms with E-state index >= 15 is 0 Å². The number of nitrogens with zero attached hydrogens (tertiary/aromatic N) is 1. The maximum absolute atomic E-state index is 10.7. The van der Waals surface area contributed by atoms with E-state index in [-0.39, 0.29) is 11.8 Å². The molecule has 2 aromatic carbocycles. The zero-order valence-corrected chi connectivity index (χ0v) is 14.3. The molecule has 0 aliphatic rings. The van der Waals surface area contributed by atoms with Gasteiger partial charge in [-0.15, -0.1) is 0 Å². The minimum atomic E-state index is -0.295. The van der Waals surface area contributed by atoms with Crippen LogP contribution in [0.5, 0.6) is 11.5 Å². The molecule has 1 unspecified atom stereocenters. The lowest BCUT2D eigenvalue weighted by Crippen LogP contribution is -2.13. The third kappa shape index (κ3) is 2.84. The minimum absolute atomic E-state index is 0.119. The Morgan fingerprint density at radius 2 is 1.85 bits per heavy atom. The van der Waals surface area contributed by atoms with Gasteiger partial charge in [-0.25, -0.2) is 4.98 Å². The summed E-state index contributed by atoms with van der Waals surface area (Å²) in [7, 11) is 1.55. The largest absolute Gasteiger partial charge is 0.504 e. The second-order valence-corrected chi connectivity index (χ2v) is 5.98. The van der Waals surface area contributed by atoms with Crippen molar-refractivity contribution in [2.75, 3.05) is 12.4 Å². The van der Waals surface area contributed by atoms with Crippen LogP contribution in [0.3, 0.4) is 0 Å².